The number of carbonyl (C=O) groups excluding carboxylic acids is 1. The van der Waals surface area contributed by atoms with Gasteiger partial charge in [0.1, 0.15) is 29.6 Å². The summed E-state index contributed by atoms with van der Waals surface area (Å²) in [7, 11) is 4.69. The molecular weight excluding hydrogens is 308 g/mol. The minimum absolute atomic E-state index is 0.0585. The highest BCUT2D eigenvalue weighted by Gasteiger charge is 2.24. The van der Waals surface area contributed by atoms with Crippen molar-refractivity contribution in [3.63, 3.8) is 0 Å². The Labute approximate surface area is 140 Å². The standard InChI is InChI=1S/C19H18O5/c1-21-13-9-17(22-2)15(18(10-13)23-3)8-12-11-24-16-7-5-4-6-14(16)19(12)20/h4-10H,11H2,1-3H3/b12-8+. The zero-order valence-corrected chi connectivity index (χ0v) is 13.8. The maximum absolute atomic E-state index is 12.7. The van der Waals surface area contributed by atoms with Gasteiger partial charge in [-0.25, -0.2) is 0 Å². The molecule has 5 nitrogen and oxygen atoms in total. The highest BCUT2D eigenvalue weighted by atomic mass is 16.5. The number of Topliss-reactive ketones (excluding diaryl/α,β-unsaturated/α-hetero) is 1. The monoisotopic (exact) mass is 326 g/mol. The van der Waals surface area contributed by atoms with Crippen LogP contribution >= 0.6 is 0 Å². The SMILES string of the molecule is COc1cc(OC)c(/C=C2\COc3ccccc3C2=O)c(OC)c1. The van der Waals surface area contributed by atoms with Gasteiger partial charge in [-0.15, -0.1) is 0 Å². The largest absolute Gasteiger partial charge is 0.496 e. The van der Waals surface area contributed by atoms with Crippen molar-refractivity contribution in [2.24, 2.45) is 0 Å². The second kappa shape index (κ2) is 6.66. The van der Waals surface area contributed by atoms with E-state index in [1.807, 2.05) is 12.1 Å². The van der Waals surface area contributed by atoms with Crippen molar-refractivity contribution in [3.05, 3.63) is 53.1 Å². The molecule has 0 radical (unpaired) electrons. The highest BCUT2D eigenvalue weighted by molar-refractivity contribution is 6.14. The minimum Gasteiger partial charge on any atom is -0.496 e. The maximum Gasteiger partial charge on any atom is 0.196 e. The van der Waals surface area contributed by atoms with E-state index in [9.17, 15) is 4.79 Å². The lowest BCUT2D eigenvalue weighted by molar-refractivity contribution is 0.100. The van der Waals surface area contributed by atoms with Crippen LogP contribution in [0.25, 0.3) is 6.08 Å². The molecule has 0 amide bonds. The molecule has 24 heavy (non-hydrogen) atoms. The van der Waals surface area contributed by atoms with Crippen LogP contribution in [0.1, 0.15) is 15.9 Å². The Morgan fingerprint density at radius 1 is 1.00 bits per heavy atom. The summed E-state index contributed by atoms with van der Waals surface area (Å²) in [5.74, 6) is 2.28. The van der Waals surface area contributed by atoms with Crippen molar-refractivity contribution in [3.8, 4) is 23.0 Å². The Morgan fingerprint density at radius 3 is 2.29 bits per heavy atom. The van der Waals surface area contributed by atoms with Crippen LogP contribution in [0.3, 0.4) is 0 Å². The first-order chi connectivity index (χ1) is 11.7. The first-order valence-corrected chi connectivity index (χ1v) is 7.45. The molecule has 0 fully saturated rings. The third-order valence-corrected chi connectivity index (χ3v) is 3.88. The van der Waals surface area contributed by atoms with Crippen LogP contribution in [-0.4, -0.2) is 33.7 Å². The second-order valence-electron chi connectivity index (χ2n) is 5.23. The number of fused-ring (bicyclic) bond motifs is 1. The van der Waals surface area contributed by atoms with Crippen LogP contribution < -0.4 is 18.9 Å². The molecular formula is C19H18O5. The number of rotatable bonds is 4. The molecule has 1 aliphatic heterocycles. The Hall–Kier alpha value is -2.95. The van der Waals surface area contributed by atoms with E-state index in [4.69, 9.17) is 18.9 Å². The molecule has 0 aromatic heterocycles. The smallest absolute Gasteiger partial charge is 0.196 e. The van der Waals surface area contributed by atoms with E-state index >= 15 is 0 Å². The van der Waals surface area contributed by atoms with E-state index in [-0.39, 0.29) is 12.4 Å². The molecule has 0 spiro atoms. The number of benzene rings is 2. The van der Waals surface area contributed by atoms with Crippen LogP contribution in [-0.2, 0) is 0 Å². The Morgan fingerprint density at radius 2 is 1.67 bits per heavy atom. The number of hydrogen-bond acceptors (Lipinski definition) is 5. The molecule has 0 unspecified atom stereocenters. The normalized spacial score (nSPS) is 14.8. The zero-order valence-electron chi connectivity index (χ0n) is 13.8. The number of hydrogen-bond donors (Lipinski definition) is 0. The van der Waals surface area contributed by atoms with E-state index in [0.29, 0.717) is 39.7 Å². The van der Waals surface area contributed by atoms with Gasteiger partial charge in [0.25, 0.3) is 0 Å². The van der Waals surface area contributed by atoms with Gasteiger partial charge in [0, 0.05) is 17.7 Å². The summed E-state index contributed by atoms with van der Waals surface area (Å²) in [5.41, 5.74) is 1.77. The van der Waals surface area contributed by atoms with Crippen molar-refractivity contribution in [2.45, 2.75) is 0 Å². The van der Waals surface area contributed by atoms with Gasteiger partial charge >= 0.3 is 0 Å². The molecule has 3 rings (SSSR count). The van der Waals surface area contributed by atoms with Gasteiger partial charge in [-0.05, 0) is 18.2 Å². The minimum atomic E-state index is -0.0585. The van der Waals surface area contributed by atoms with Crippen LogP contribution in [0.4, 0.5) is 0 Å². The zero-order chi connectivity index (χ0) is 17.1. The molecule has 1 heterocycles. The van der Waals surface area contributed by atoms with E-state index < -0.39 is 0 Å². The molecule has 0 N–H and O–H groups in total. The third-order valence-electron chi connectivity index (χ3n) is 3.88. The fraction of sp³-hybridized carbons (Fsp3) is 0.211. The van der Waals surface area contributed by atoms with Crippen LogP contribution in [0.5, 0.6) is 23.0 Å². The fourth-order valence-corrected chi connectivity index (χ4v) is 2.63. The van der Waals surface area contributed by atoms with E-state index in [0.717, 1.165) is 0 Å². The molecule has 0 bridgehead atoms. The predicted octanol–water partition coefficient (Wildman–Crippen LogP) is 3.37. The predicted molar refractivity (Wildman–Crippen MR) is 90.3 cm³/mol. The van der Waals surface area contributed by atoms with E-state index in [2.05, 4.69) is 0 Å². The summed E-state index contributed by atoms with van der Waals surface area (Å²) in [6.45, 7) is 0.203. The summed E-state index contributed by atoms with van der Waals surface area (Å²) in [4.78, 5) is 12.7. The number of methoxy groups -OCH3 is 3. The van der Waals surface area contributed by atoms with Crippen molar-refractivity contribution in [1.29, 1.82) is 0 Å². The topological polar surface area (TPSA) is 54.0 Å². The summed E-state index contributed by atoms with van der Waals surface area (Å²) < 4.78 is 21.8. The first kappa shape index (κ1) is 15.9. The molecule has 5 heteroatoms. The van der Waals surface area contributed by atoms with E-state index in [1.54, 1.807) is 51.7 Å². The molecule has 0 aliphatic carbocycles. The molecule has 0 saturated heterocycles. The summed E-state index contributed by atoms with van der Waals surface area (Å²) in [6, 6.07) is 10.7. The van der Waals surface area contributed by atoms with Gasteiger partial charge in [-0.2, -0.15) is 0 Å². The average molecular weight is 326 g/mol. The van der Waals surface area contributed by atoms with Gasteiger partial charge in [0.2, 0.25) is 0 Å². The van der Waals surface area contributed by atoms with Gasteiger partial charge in [-0.1, -0.05) is 12.1 Å². The van der Waals surface area contributed by atoms with Crippen LogP contribution in [0.2, 0.25) is 0 Å². The lowest BCUT2D eigenvalue weighted by Gasteiger charge is -2.19. The molecule has 0 atom stereocenters. The van der Waals surface area contributed by atoms with E-state index in [1.165, 1.54) is 0 Å². The summed E-state index contributed by atoms with van der Waals surface area (Å²) in [5, 5.41) is 0. The highest BCUT2D eigenvalue weighted by Crippen LogP contribution is 2.37. The van der Waals surface area contributed by atoms with Crippen molar-refractivity contribution in [1.82, 2.24) is 0 Å². The third kappa shape index (κ3) is 2.80. The Balaban J connectivity index is 2.07. The molecule has 0 saturated carbocycles. The fourth-order valence-electron chi connectivity index (χ4n) is 2.63. The van der Waals surface area contributed by atoms with Gasteiger partial charge in [0.15, 0.2) is 5.78 Å². The first-order valence-electron chi connectivity index (χ1n) is 7.45. The molecule has 1 aliphatic rings. The summed E-state index contributed by atoms with van der Waals surface area (Å²) in [6.07, 6.45) is 1.75. The Kier molecular flexibility index (Phi) is 4.42. The van der Waals surface area contributed by atoms with Gasteiger partial charge in [0.05, 0.1) is 32.5 Å². The van der Waals surface area contributed by atoms with Crippen LogP contribution in [0, 0.1) is 0 Å². The van der Waals surface area contributed by atoms with Crippen molar-refractivity contribution >= 4 is 11.9 Å². The Bertz CT molecular complexity index is 782. The number of ketones is 1. The van der Waals surface area contributed by atoms with Crippen molar-refractivity contribution < 1.29 is 23.7 Å². The maximum atomic E-state index is 12.7. The van der Waals surface area contributed by atoms with Crippen LogP contribution in [0.15, 0.2) is 42.0 Å². The van der Waals surface area contributed by atoms with Gasteiger partial charge < -0.3 is 18.9 Å². The van der Waals surface area contributed by atoms with Gasteiger partial charge in [-0.3, -0.25) is 4.79 Å². The number of carbonyl (C=O) groups is 1. The van der Waals surface area contributed by atoms with Crippen molar-refractivity contribution in [2.75, 3.05) is 27.9 Å². The molecule has 2 aromatic carbocycles. The quantitative estimate of drug-likeness (QED) is 0.806. The summed E-state index contributed by atoms with van der Waals surface area (Å²) >= 11 is 0. The average Bonchev–Trinajstić information content (AvgIpc) is 2.64. The lowest BCUT2D eigenvalue weighted by Crippen LogP contribution is -2.18. The molecule has 2 aromatic rings. The lowest BCUT2D eigenvalue weighted by atomic mass is 9.98. The molecule has 124 valence electrons. The number of ether oxygens (including phenoxy) is 4. The second-order valence-corrected chi connectivity index (χ2v) is 5.23. The number of para-hydroxylation sites is 1.